The Morgan fingerprint density at radius 3 is 1.70 bits per heavy atom. The highest BCUT2D eigenvalue weighted by atomic mass is 15.1. The van der Waals surface area contributed by atoms with Crippen molar-refractivity contribution >= 4 is 60.4 Å². The summed E-state index contributed by atoms with van der Waals surface area (Å²) in [4.78, 5) is 2.42. The lowest BCUT2D eigenvalue weighted by Gasteiger charge is -2.27. The van der Waals surface area contributed by atoms with Gasteiger partial charge in [-0.3, -0.25) is 0 Å². The molecule has 11 aromatic carbocycles. The van der Waals surface area contributed by atoms with Crippen molar-refractivity contribution < 1.29 is 0 Å². The predicted molar refractivity (Wildman–Crippen MR) is 272 cm³/mol. The number of rotatable bonds is 8. The summed E-state index contributed by atoms with van der Waals surface area (Å²) in [7, 11) is 0. The zero-order chi connectivity index (χ0) is 42.4. The van der Waals surface area contributed by atoms with E-state index in [0.29, 0.717) is 0 Å². The Kier molecular flexibility index (Phi) is 9.20. The average molecular weight is 815 g/mol. The van der Waals surface area contributed by atoms with E-state index in [0.717, 1.165) is 22.7 Å². The van der Waals surface area contributed by atoms with Crippen molar-refractivity contribution in [1.82, 2.24) is 4.57 Å². The molecule has 0 radical (unpaired) electrons. The van der Waals surface area contributed by atoms with Gasteiger partial charge in [-0.05, 0) is 121 Å². The SMILES string of the molecule is c1ccc(-c2ccc(-c3ccc(N(c4cccc(-c5cccc6c5c5ccccc5n6-c5ccc6ccccc6c5)c4)c4cccc5ccccc45)cc3)cc2-c2ccccc2)cc1. The number of anilines is 3. The monoisotopic (exact) mass is 814 g/mol. The van der Waals surface area contributed by atoms with Crippen LogP contribution in [0.5, 0.6) is 0 Å². The van der Waals surface area contributed by atoms with Crippen molar-refractivity contribution in [3.63, 3.8) is 0 Å². The summed E-state index contributed by atoms with van der Waals surface area (Å²) in [6.45, 7) is 0. The summed E-state index contributed by atoms with van der Waals surface area (Å²) in [6, 6.07) is 92.7. The van der Waals surface area contributed by atoms with Crippen LogP contribution < -0.4 is 4.90 Å². The molecule has 64 heavy (non-hydrogen) atoms. The van der Waals surface area contributed by atoms with Gasteiger partial charge in [-0.25, -0.2) is 0 Å². The fourth-order valence-electron chi connectivity index (χ4n) is 9.75. The molecule has 1 aromatic heterocycles. The largest absolute Gasteiger partial charge is 0.310 e. The van der Waals surface area contributed by atoms with Gasteiger partial charge in [0.1, 0.15) is 0 Å². The molecule has 0 saturated carbocycles. The molecule has 2 heteroatoms. The second-order valence-corrected chi connectivity index (χ2v) is 16.5. The van der Waals surface area contributed by atoms with Gasteiger partial charge in [-0.1, -0.05) is 194 Å². The number of para-hydroxylation sites is 1. The van der Waals surface area contributed by atoms with Gasteiger partial charge in [0.05, 0.1) is 16.7 Å². The lowest BCUT2D eigenvalue weighted by molar-refractivity contribution is 1.19. The Hall–Kier alpha value is -8.46. The minimum absolute atomic E-state index is 1.09. The van der Waals surface area contributed by atoms with Crippen LogP contribution in [-0.4, -0.2) is 4.57 Å². The Balaban J connectivity index is 0.992. The third-order valence-corrected chi connectivity index (χ3v) is 12.8. The van der Waals surface area contributed by atoms with Crippen molar-refractivity contribution in [3.8, 4) is 50.2 Å². The van der Waals surface area contributed by atoms with Gasteiger partial charge in [0.2, 0.25) is 0 Å². The quantitative estimate of drug-likeness (QED) is 0.148. The van der Waals surface area contributed by atoms with Gasteiger partial charge >= 0.3 is 0 Å². The van der Waals surface area contributed by atoms with Crippen molar-refractivity contribution in [2.75, 3.05) is 4.90 Å². The second-order valence-electron chi connectivity index (χ2n) is 16.5. The summed E-state index contributed by atoms with van der Waals surface area (Å²) in [5.41, 5.74) is 16.4. The van der Waals surface area contributed by atoms with E-state index in [1.165, 1.54) is 87.9 Å². The highest BCUT2D eigenvalue weighted by Crippen LogP contribution is 2.44. The number of benzene rings is 11. The van der Waals surface area contributed by atoms with Crippen molar-refractivity contribution in [2.24, 2.45) is 0 Å². The molecule has 0 unspecified atom stereocenters. The molecule has 0 saturated heterocycles. The smallest absolute Gasteiger partial charge is 0.0547 e. The summed E-state index contributed by atoms with van der Waals surface area (Å²) in [5.74, 6) is 0. The topological polar surface area (TPSA) is 8.17 Å². The molecular formula is C62H42N2. The zero-order valence-electron chi connectivity index (χ0n) is 35.1. The highest BCUT2D eigenvalue weighted by molar-refractivity contribution is 6.16. The maximum atomic E-state index is 2.42. The number of nitrogens with zero attached hydrogens (tertiary/aromatic N) is 2. The molecule has 12 rings (SSSR count). The molecule has 300 valence electrons. The molecule has 2 nitrogen and oxygen atoms in total. The van der Waals surface area contributed by atoms with Gasteiger partial charge in [0.15, 0.2) is 0 Å². The van der Waals surface area contributed by atoms with E-state index in [-0.39, 0.29) is 0 Å². The van der Waals surface area contributed by atoms with Gasteiger partial charge < -0.3 is 9.47 Å². The fraction of sp³-hybridized carbons (Fsp3) is 0. The van der Waals surface area contributed by atoms with Crippen LogP contribution in [0.1, 0.15) is 0 Å². The molecule has 0 atom stereocenters. The predicted octanol–water partition coefficient (Wildman–Crippen LogP) is 17.2. The fourth-order valence-corrected chi connectivity index (χ4v) is 9.75. The van der Waals surface area contributed by atoms with Crippen LogP contribution in [0.15, 0.2) is 255 Å². The van der Waals surface area contributed by atoms with Crippen LogP contribution in [0.2, 0.25) is 0 Å². The summed E-state index contributed by atoms with van der Waals surface area (Å²) in [6.07, 6.45) is 0. The lowest BCUT2D eigenvalue weighted by atomic mass is 9.91. The first-order valence-corrected chi connectivity index (χ1v) is 22.0. The van der Waals surface area contributed by atoms with E-state index in [4.69, 9.17) is 0 Å². The van der Waals surface area contributed by atoms with Crippen LogP contribution in [0.25, 0.3) is 93.5 Å². The maximum Gasteiger partial charge on any atom is 0.0547 e. The molecule has 0 aliphatic rings. The molecule has 0 aliphatic heterocycles. The average Bonchev–Trinajstić information content (AvgIpc) is 3.72. The summed E-state index contributed by atoms with van der Waals surface area (Å²) in [5, 5.41) is 7.36. The van der Waals surface area contributed by atoms with Gasteiger partial charge in [-0.2, -0.15) is 0 Å². The van der Waals surface area contributed by atoms with Crippen LogP contribution in [0.4, 0.5) is 17.1 Å². The summed E-state index contributed by atoms with van der Waals surface area (Å²) >= 11 is 0. The number of hydrogen-bond donors (Lipinski definition) is 0. The van der Waals surface area contributed by atoms with Gasteiger partial charge in [0.25, 0.3) is 0 Å². The van der Waals surface area contributed by atoms with Gasteiger partial charge in [0, 0.05) is 33.2 Å². The normalized spacial score (nSPS) is 11.4. The Morgan fingerprint density at radius 2 is 0.891 bits per heavy atom. The van der Waals surface area contributed by atoms with E-state index in [2.05, 4.69) is 264 Å². The molecule has 0 amide bonds. The first kappa shape index (κ1) is 37.3. The van der Waals surface area contributed by atoms with Crippen LogP contribution in [-0.2, 0) is 0 Å². The molecule has 0 fully saturated rings. The number of hydrogen-bond acceptors (Lipinski definition) is 1. The zero-order valence-corrected chi connectivity index (χ0v) is 35.1. The standard InChI is InChI=1S/C62H42N2/c1-3-17-45(18-4-1)54-39-35-49(42-58(54)47-19-5-2-6-20-47)44-32-36-51(37-33-44)63(59-30-14-23-46-21-9-10-26-55(46)59)52-25-13-24-50(41-52)56-28-15-31-61-62(56)57-27-11-12-29-60(57)64(61)53-38-34-43-16-7-8-22-48(43)40-53/h1-42H. The van der Waals surface area contributed by atoms with E-state index in [1.807, 2.05) is 0 Å². The van der Waals surface area contributed by atoms with E-state index >= 15 is 0 Å². The number of aromatic nitrogens is 1. The third kappa shape index (κ3) is 6.52. The Bertz CT molecular complexity index is 3650. The molecule has 0 bridgehead atoms. The van der Waals surface area contributed by atoms with Crippen LogP contribution in [0, 0.1) is 0 Å². The maximum absolute atomic E-state index is 2.42. The second kappa shape index (κ2) is 15.8. The third-order valence-electron chi connectivity index (χ3n) is 12.8. The highest BCUT2D eigenvalue weighted by Gasteiger charge is 2.20. The van der Waals surface area contributed by atoms with Crippen LogP contribution >= 0.6 is 0 Å². The molecular weight excluding hydrogens is 773 g/mol. The van der Waals surface area contributed by atoms with Crippen molar-refractivity contribution in [3.05, 3.63) is 255 Å². The first-order chi connectivity index (χ1) is 31.7. The number of fused-ring (bicyclic) bond motifs is 5. The molecule has 0 N–H and O–H groups in total. The minimum atomic E-state index is 1.09. The van der Waals surface area contributed by atoms with Crippen LogP contribution in [0.3, 0.4) is 0 Å². The Morgan fingerprint density at radius 1 is 0.281 bits per heavy atom. The van der Waals surface area contributed by atoms with Gasteiger partial charge in [-0.15, -0.1) is 0 Å². The Labute approximate surface area is 373 Å². The molecule has 0 spiro atoms. The van der Waals surface area contributed by atoms with E-state index < -0.39 is 0 Å². The molecule has 1 heterocycles. The summed E-state index contributed by atoms with van der Waals surface area (Å²) < 4.78 is 2.42. The first-order valence-electron chi connectivity index (χ1n) is 22.0. The van der Waals surface area contributed by atoms with E-state index in [9.17, 15) is 0 Å². The van der Waals surface area contributed by atoms with Crippen molar-refractivity contribution in [1.29, 1.82) is 0 Å². The lowest BCUT2D eigenvalue weighted by Crippen LogP contribution is -2.10. The minimum Gasteiger partial charge on any atom is -0.310 e. The van der Waals surface area contributed by atoms with E-state index in [1.54, 1.807) is 0 Å². The van der Waals surface area contributed by atoms with Crippen molar-refractivity contribution in [2.45, 2.75) is 0 Å². The molecule has 0 aliphatic carbocycles. The molecule has 12 aromatic rings.